The number of hydrogen-bond donors (Lipinski definition) is 3. The molecular formula is C16H15NO2. The van der Waals surface area contributed by atoms with E-state index in [1.165, 1.54) is 6.07 Å². The molecule has 2 aromatic carbocycles. The summed E-state index contributed by atoms with van der Waals surface area (Å²) in [5.41, 5.74) is 2.39. The molecule has 0 aliphatic carbocycles. The highest BCUT2D eigenvalue weighted by Gasteiger charge is 2.10. The van der Waals surface area contributed by atoms with E-state index in [4.69, 9.17) is 6.42 Å². The van der Waals surface area contributed by atoms with Gasteiger partial charge in [0.15, 0.2) is 0 Å². The molecule has 19 heavy (non-hydrogen) atoms. The summed E-state index contributed by atoms with van der Waals surface area (Å²) in [6.45, 7) is 1.93. The van der Waals surface area contributed by atoms with Gasteiger partial charge in [0.25, 0.3) is 0 Å². The zero-order valence-electron chi connectivity index (χ0n) is 10.6. The van der Waals surface area contributed by atoms with E-state index in [0.717, 1.165) is 11.3 Å². The van der Waals surface area contributed by atoms with Crippen LogP contribution in [0.5, 0.6) is 11.5 Å². The third-order valence-electron chi connectivity index (χ3n) is 2.89. The first-order chi connectivity index (χ1) is 9.10. The Morgan fingerprint density at radius 2 is 1.95 bits per heavy atom. The summed E-state index contributed by atoms with van der Waals surface area (Å²) in [6, 6.07) is 12.0. The average Bonchev–Trinajstić information content (AvgIpc) is 2.38. The van der Waals surface area contributed by atoms with E-state index in [1.54, 1.807) is 12.1 Å². The molecule has 0 amide bonds. The van der Waals surface area contributed by atoms with E-state index in [1.807, 2.05) is 31.2 Å². The second-order valence-electron chi connectivity index (χ2n) is 4.33. The quantitative estimate of drug-likeness (QED) is 0.736. The van der Waals surface area contributed by atoms with Crippen LogP contribution in [0.3, 0.4) is 0 Å². The van der Waals surface area contributed by atoms with Crippen molar-refractivity contribution in [3.8, 4) is 23.8 Å². The molecule has 3 N–H and O–H groups in total. The summed E-state index contributed by atoms with van der Waals surface area (Å²) in [7, 11) is 0. The molecule has 0 saturated heterocycles. The molecule has 3 heteroatoms. The van der Waals surface area contributed by atoms with Crippen LogP contribution in [0.2, 0.25) is 0 Å². The number of anilines is 1. The summed E-state index contributed by atoms with van der Waals surface area (Å²) in [5.74, 6) is 2.68. The first-order valence-corrected chi connectivity index (χ1v) is 5.95. The van der Waals surface area contributed by atoms with E-state index in [2.05, 4.69) is 11.2 Å². The van der Waals surface area contributed by atoms with E-state index in [-0.39, 0.29) is 17.5 Å². The van der Waals surface area contributed by atoms with Crippen molar-refractivity contribution in [3.63, 3.8) is 0 Å². The highest BCUT2D eigenvalue weighted by atomic mass is 16.3. The van der Waals surface area contributed by atoms with Gasteiger partial charge in [0.05, 0.1) is 6.04 Å². The Bertz CT molecular complexity index is 629. The van der Waals surface area contributed by atoms with Crippen molar-refractivity contribution >= 4 is 5.69 Å². The predicted octanol–water partition coefficient (Wildman–Crippen LogP) is 3.25. The van der Waals surface area contributed by atoms with Gasteiger partial charge in [-0.2, -0.15) is 0 Å². The maximum atomic E-state index is 9.81. The fourth-order valence-corrected chi connectivity index (χ4v) is 1.92. The van der Waals surface area contributed by atoms with E-state index in [0.29, 0.717) is 5.56 Å². The maximum absolute atomic E-state index is 9.81. The van der Waals surface area contributed by atoms with Gasteiger partial charge >= 0.3 is 0 Å². The molecule has 0 aliphatic rings. The Labute approximate surface area is 112 Å². The monoisotopic (exact) mass is 253 g/mol. The lowest BCUT2D eigenvalue weighted by Crippen LogP contribution is -2.06. The minimum atomic E-state index is -0.103. The zero-order chi connectivity index (χ0) is 13.8. The summed E-state index contributed by atoms with van der Waals surface area (Å²) >= 11 is 0. The SMILES string of the molecule is C#Cc1cccc(NC(C)c2ccc(O)cc2O)c1. The Balaban J connectivity index is 2.20. The molecule has 2 aromatic rings. The van der Waals surface area contributed by atoms with Crippen LogP contribution in [-0.2, 0) is 0 Å². The predicted molar refractivity (Wildman–Crippen MR) is 76.2 cm³/mol. The van der Waals surface area contributed by atoms with Crippen LogP contribution < -0.4 is 5.32 Å². The fourth-order valence-electron chi connectivity index (χ4n) is 1.92. The second-order valence-corrected chi connectivity index (χ2v) is 4.33. The number of rotatable bonds is 3. The molecule has 3 nitrogen and oxygen atoms in total. The van der Waals surface area contributed by atoms with Crippen LogP contribution in [0.4, 0.5) is 5.69 Å². The smallest absolute Gasteiger partial charge is 0.124 e. The van der Waals surface area contributed by atoms with Gasteiger partial charge < -0.3 is 15.5 Å². The molecular weight excluding hydrogens is 238 g/mol. The highest BCUT2D eigenvalue weighted by molar-refractivity contribution is 5.52. The number of aromatic hydroxyl groups is 2. The Hall–Kier alpha value is -2.60. The topological polar surface area (TPSA) is 52.5 Å². The summed E-state index contributed by atoms with van der Waals surface area (Å²) < 4.78 is 0. The molecule has 0 aliphatic heterocycles. The Morgan fingerprint density at radius 3 is 2.63 bits per heavy atom. The summed E-state index contributed by atoms with van der Waals surface area (Å²) in [6.07, 6.45) is 5.36. The van der Waals surface area contributed by atoms with Crippen molar-refractivity contribution in [1.82, 2.24) is 0 Å². The number of terminal acetylenes is 1. The summed E-state index contributed by atoms with van der Waals surface area (Å²) in [4.78, 5) is 0. The van der Waals surface area contributed by atoms with Crippen molar-refractivity contribution in [1.29, 1.82) is 0 Å². The normalized spacial score (nSPS) is 11.6. The number of hydrogen-bond acceptors (Lipinski definition) is 3. The van der Waals surface area contributed by atoms with Crippen molar-refractivity contribution < 1.29 is 10.2 Å². The van der Waals surface area contributed by atoms with Crippen LogP contribution in [0.25, 0.3) is 0 Å². The first kappa shape index (κ1) is 12.8. The van der Waals surface area contributed by atoms with Crippen molar-refractivity contribution in [3.05, 3.63) is 53.6 Å². The lowest BCUT2D eigenvalue weighted by atomic mass is 10.1. The molecule has 2 rings (SSSR count). The molecule has 0 spiro atoms. The summed E-state index contributed by atoms with van der Waals surface area (Å²) in [5, 5.41) is 22.3. The second kappa shape index (κ2) is 5.36. The number of benzene rings is 2. The molecule has 96 valence electrons. The van der Waals surface area contributed by atoms with Gasteiger partial charge in [0.2, 0.25) is 0 Å². The minimum Gasteiger partial charge on any atom is -0.508 e. The molecule has 0 heterocycles. The van der Waals surface area contributed by atoms with E-state index >= 15 is 0 Å². The van der Waals surface area contributed by atoms with Gasteiger partial charge in [-0.25, -0.2) is 0 Å². The van der Waals surface area contributed by atoms with Crippen LogP contribution in [-0.4, -0.2) is 10.2 Å². The molecule has 1 atom stereocenters. The maximum Gasteiger partial charge on any atom is 0.124 e. The van der Waals surface area contributed by atoms with Gasteiger partial charge in [-0.05, 0) is 37.3 Å². The molecule has 0 aromatic heterocycles. The number of phenolic OH excluding ortho intramolecular Hbond substituents is 2. The largest absolute Gasteiger partial charge is 0.508 e. The molecule has 0 fully saturated rings. The fraction of sp³-hybridized carbons (Fsp3) is 0.125. The van der Waals surface area contributed by atoms with Gasteiger partial charge in [0, 0.05) is 22.9 Å². The lowest BCUT2D eigenvalue weighted by Gasteiger charge is -2.17. The Kier molecular flexibility index (Phi) is 3.63. The molecule has 0 radical (unpaired) electrons. The molecule has 0 bridgehead atoms. The third kappa shape index (κ3) is 2.99. The van der Waals surface area contributed by atoms with Crippen molar-refractivity contribution in [2.45, 2.75) is 13.0 Å². The van der Waals surface area contributed by atoms with Crippen molar-refractivity contribution in [2.24, 2.45) is 0 Å². The molecule has 1 unspecified atom stereocenters. The molecule has 0 saturated carbocycles. The minimum absolute atomic E-state index is 0.0442. The zero-order valence-corrected chi connectivity index (χ0v) is 10.6. The van der Waals surface area contributed by atoms with Gasteiger partial charge in [0.1, 0.15) is 11.5 Å². The van der Waals surface area contributed by atoms with Gasteiger partial charge in [-0.1, -0.05) is 12.0 Å². The lowest BCUT2D eigenvalue weighted by molar-refractivity contribution is 0.444. The average molecular weight is 253 g/mol. The van der Waals surface area contributed by atoms with Gasteiger partial charge in [-0.15, -0.1) is 6.42 Å². The standard InChI is InChI=1S/C16H15NO2/c1-3-12-5-4-6-13(9-12)17-11(2)15-8-7-14(18)10-16(15)19/h1,4-11,17-19H,2H3. The number of phenols is 2. The van der Waals surface area contributed by atoms with Crippen molar-refractivity contribution in [2.75, 3.05) is 5.32 Å². The first-order valence-electron chi connectivity index (χ1n) is 5.95. The van der Waals surface area contributed by atoms with Gasteiger partial charge in [-0.3, -0.25) is 0 Å². The van der Waals surface area contributed by atoms with Crippen LogP contribution in [0.1, 0.15) is 24.1 Å². The number of nitrogens with one attached hydrogen (secondary N) is 1. The Morgan fingerprint density at radius 1 is 1.16 bits per heavy atom. The highest BCUT2D eigenvalue weighted by Crippen LogP contribution is 2.29. The van der Waals surface area contributed by atoms with E-state index < -0.39 is 0 Å². The van der Waals surface area contributed by atoms with Crippen LogP contribution in [0, 0.1) is 12.3 Å². The third-order valence-corrected chi connectivity index (χ3v) is 2.89. The van der Waals surface area contributed by atoms with Crippen LogP contribution >= 0.6 is 0 Å². The van der Waals surface area contributed by atoms with E-state index in [9.17, 15) is 10.2 Å². The van der Waals surface area contributed by atoms with Crippen LogP contribution in [0.15, 0.2) is 42.5 Å².